The third-order valence-corrected chi connectivity index (χ3v) is 6.26. The van der Waals surface area contributed by atoms with E-state index in [0.29, 0.717) is 0 Å². The predicted molar refractivity (Wildman–Crippen MR) is 70.6 cm³/mol. The van der Waals surface area contributed by atoms with E-state index < -0.39 is 8.80 Å². The molecular formula is C12H26O5Si. The average molecular weight is 278 g/mol. The van der Waals surface area contributed by atoms with E-state index in [4.69, 9.17) is 22.8 Å². The summed E-state index contributed by atoms with van der Waals surface area (Å²) < 4.78 is 27.5. The normalized spacial score (nSPS) is 23.5. The maximum atomic E-state index is 5.91. The van der Waals surface area contributed by atoms with Crippen molar-refractivity contribution < 1.29 is 22.8 Å². The highest BCUT2D eigenvalue weighted by atomic mass is 28.4. The third-order valence-electron chi connectivity index (χ3n) is 3.49. The fourth-order valence-electron chi connectivity index (χ4n) is 2.08. The van der Waals surface area contributed by atoms with E-state index in [0.717, 1.165) is 25.5 Å². The van der Waals surface area contributed by atoms with Gasteiger partial charge in [-0.15, -0.1) is 0 Å². The first-order valence-electron chi connectivity index (χ1n) is 6.49. The van der Waals surface area contributed by atoms with Crippen LogP contribution in [0.5, 0.6) is 0 Å². The topological polar surface area (TPSA) is 46.2 Å². The van der Waals surface area contributed by atoms with Crippen LogP contribution in [0, 0.1) is 0 Å². The minimum absolute atomic E-state index is 0.150. The van der Waals surface area contributed by atoms with Gasteiger partial charge in [-0.05, 0) is 26.7 Å². The van der Waals surface area contributed by atoms with Crippen molar-refractivity contribution in [1.82, 2.24) is 0 Å². The molecule has 0 bridgehead atoms. The van der Waals surface area contributed by atoms with Crippen molar-refractivity contribution in [3.8, 4) is 0 Å². The number of ether oxygens (including phenoxy) is 2. The van der Waals surface area contributed by atoms with Gasteiger partial charge >= 0.3 is 8.80 Å². The highest BCUT2D eigenvalue weighted by Gasteiger charge is 2.38. The molecule has 0 aromatic carbocycles. The number of hydrogen-bond donors (Lipinski definition) is 0. The second-order valence-corrected chi connectivity index (χ2v) is 7.77. The summed E-state index contributed by atoms with van der Waals surface area (Å²) in [6.45, 7) is 4.99. The zero-order valence-electron chi connectivity index (χ0n) is 12.1. The molecule has 0 aromatic heterocycles. The van der Waals surface area contributed by atoms with Gasteiger partial charge in [0, 0.05) is 34.0 Å². The van der Waals surface area contributed by atoms with Gasteiger partial charge < -0.3 is 22.8 Å². The van der Waals surface area contributed by atoms with E-state index in [2.05, 4.69) is 13.8 Å². The molecule has 0 radical (unpaired) electrons. The van der Waals surface area contributed by atoms with Gasteiger partial charge in [0.25, 0.3) is 0 Å². The Morgan fingerprint density at radius 1 is 1.17 bits per heavy atom. The lowest BCUT2D eigenvalue weighted by atomic mass is 10.1. The molecule has 1 heterocycles. The number of hydrogen-bond acceptors (Lipinski definition) is 5. The van der Waals surface area contributed by atoms with Crippen molar-refractivity contribution in [2.75, 3.05) is 27.9 Å². The van der Waals surface area contributed by atoms with Crippen molar-refractivity contribution in [2.45, 2.75) is 51.0 Å². The summed E-state index contributed by atoms with van der Waals surface area (Å²) in [6, 6.07) is 0.760. The van der Waals surface area contributed by atoms with Gasteiger partial charge in [-0.25, -0.2) is 0 Å². The molecule has 5 nitrogen and oxygen atoms in total. The quantitative estimate of drug-likeness (QED) is 0.602. The average Bonchev–Trinajstić information content (AvgIpc) is 2.29. The standard InChI is InChI=1S/C12H26O5Si/c1-10(17-11(2)12-6-8-16-12)7-9-18(13-3,14-4)15-5/h10-12H,6-9H2,1-5H3. The van der Waals surface area contributed by atoms with Crippen LogP contribution in [0.15, 0.2) is 0 Å². The molecule has 1 aliphatic heterocycles. The summed E-state index contributed by atoms with van der Waals surface area (Å²) in [7, 11) is 2.44. The van der Waals surface area contributed by atoms with E-state index in [1.807, 2.05) is 0 Å². The number of rotatable bonds is 9. The van der Waals surface area contributed by atoms with Crippen LogP contribution >= 0.6 is 0 Å². The molecule has 1 fully saturated rings. The second-order valence-electron chi connectivity index (χ2n) is 4.68. The van der Waals surface area contributed by atoms with Crippen LogP contribution < -0.4 is 0 Å². The van der Waals surface area contributed by atoms with Crippen molar-refractivity contribution in [3.05, 3.63) is 0 Å². The van der Waals surface area contributed by atoms with Gasteiger partial charge in [0.05, 0.1) is 18.3 Å². The summed E-state index contributed by atoms with van der Waals surface area (Å²) in [5.74, 6) is 0. The van der Waals surface area contributed by atoms with E-state index >= 15 is 0 Å². The molecule has 0 aliphatic carbocycles. The largest absolute Gasteiger partial charge is 0.500 e. The Morgan fingerprint density at radius 2 is 1.72 bits per heavy atom. The summed E-state index contributed by atoms with van der Waals surface area (Å²) >= 11 is 0. The van der Waals surface area contributed by atoms with Crippen LogP contribution in [0.2, 0.25) is 6.04 Å². The monoisotopic (exact) mass is 278 g/mol. The van der Waals surface area contributed by atoms with Gasteiger partial charge in [0.15, 0.2) is 0 Å². The summed E-state index contributed by atoms with van der Waals surface area (Å²) in [5.41, 5.74) is 0. The minimum Gasteiger partial charge on any atom is -0.377 e. The van der Waals surface area contributed by atoms with Gasteiger partial charge in [0.1, 0.15) is 0 Å². The predicted octanol–water partition coefficient (Wildman–Crippen LogP) is 1.84. The fourth-order valence-corrected chi connectivity index (χ4v) is 3.95. The Morgan fingerprint density at radius 3 is 2.11 bits per heavy atom. The maximum Gasteiger partial charge on any atom is 0.500 e. The fraction of sp³-hybridized carbons (Fsp3) is 1.00. The lowest BCUT2D eigenvalue weighted by molar-refractivity contribution is -0.146. The Balaban J connectivity index is 2.28. The highest BCUT2D eigenvalue weighted by Crippen LogP contribution is 2.22. The minimum atomic E-state index is -2.46. The second kappa shape index (κ2) is 7.57. The van der Waals surface area contributed by atoms with Crippen LogP contribution in [-0.4, -0.2) is 55.1 Å². The highest BCUT2D eigenvalue weighted by molar-refractivity contribution is 6.60. The Bertz CT molecular complexity index is 222. The molecule has 1 rings (SSSR count). The van der Waals surface area contributed by atoms with Crippen molar-refractivity contribution in [1.29, 1.82) is 0 Å². The summed E-state index contributed by atoms with van der Waals surface area (Å²) in [4.78, 5) is 0. The van der Waals surface area contributed by atoms with Crippen LogP contribution in [0.3, 0.4) is 0 Å². The Labute approximate surface area is 111 Å². The van der Waals surface area contributed by atoms with Crippen molar-refractivity contribution >= 4 is 8.80 Å². The molecule has 0 aromatic rings. The van der Waals surface area contributed by atoms with E-state index in [-0.39, 0.29) is 18.3 Å². The van der Waals surface area contributed by atoms with Gasteiger partial charge in [-0.3, -0.25) is 0 Å². The molecule has 18 heavy (non-hydrogen) atoms. The van der Waals surface area contributed by atoms with Crippen LogP contribution in [0.1, 0.15) is 26.7 Å². The molecular weight excluding hydrogens is 252 g/mol. The molecule has 0 saturated carbocycles. The Kier molecular flexibility index (Phi) is 6.76. The molecule has 3 unspecified atom stereocenters. The smallest absolute Gasteiger partial charge is 0.377 e. The molecule has 6 heteroatoms. The van der Waals surface area contributed by atoms with Crippen LogP contribution in [-0.2, 0) is 22.8 Å². The summed E-state index contributed by atoms with van der Waals surface area (Å²) in [6.07, 6.45) is 2.52. The summed E-state index contributed by atoms with van der Waals surface area (Å²) in [5, 5.41) is 0. The lowest BCUT2D eigenvalue weighted by Gasteiger charge is -2.34. The zero-order chi connectivity index (χ0) is 13.6. The Hall–Kier alpha value is 0.0169. The first kappa shape index (κ1) is 16.1. The first-order chi connectivity index (χ1) is 8.56. The van der Waals surface area contributed by atoms with Crippen LogP contribution in [0.25, 0.3) is 0 Å². The van der Waals surface area contributed by atoms with Crippen molar-refractivity contribution in [2.24, 2.45) is 0 Å². The molecule has 3 atom stereocenters. The maximum absolute atomic E-state index is 5.91. The van der Waals surface area contributed by atoms with Crippen LogP contribution in [0.4, 0.5) is 0 Å². The van der Waals surface area contributed by atoms with Gasteiger partial charge in [0.2, 0.25) is 0 Å². The van der Waals surface area contributed by atoms with Gasteiger partial charge in [-0.2, -0.15) is 0 Å². The molecule has 0 spiro atoms. The third kappa shape index (κ3) is 4.29. The zero-order valence-corrected chi connectivity index (χ0v) is 13.1. The van der Waals surface area contributed by atoms with E-state index in [1.165, 1.54) is 0 Å². The molecule has 108 valence electrons. The molecule has 0 N–H and O–H groups in total. The molecule has 0 amide bonds. The lowest BCUT2D eigenvalue weighted by Crippen LogP contribution is -2.44. The van der Waals surface area contributed by atoms with Gasteiger partial charge in [-0.1, -0.05) is 0 Å². The molecule has 1 aliphatic rings. The SMILES string of the molecule is CO[Si](CCC(C)OC(C)C1CCO1)(OC)OC. The van der Waals surface area contributed by atoms with E-state index in [1.54, 1.807) is 21.3 Å². The first-order valence-corrected chi connectivity index (χ1v) is 8.42. The van der Waals surface area contributed by atoms with Crippen molar-refractivity contribution in [3.63, 3.8) is 0 Å². The van der Waals surface area contributed by atoms with E-state index in [9.17, 15) is 0 Å². The molecule has 1 saturated heterocycles.